The molecule has 2 aliphatic rings. The number of nitrogens with one attached hydrogen (secondary N) is 1. The van der Waals surface area contributed by atoms with Crippen LogP contribution in [-0.2, 0) is 9.59 Å². The third-order valence-electron chi connectivity index (χ3n) is 3.74. The van der Waals surface area contributed by atoms with Crippen LogP contribution in [0, 0.1) is 5.41 Å². The first-order valence-electron chi connectivity index (χ1n) is 6.04. The fourth-order valence-corrected chi connectivity index (χ4v) is 2.62. The van der Waals surface area contributed by atoms with Crippen molar-refractivity contribution < 1.29 is 9.59 Å². The van der Waals surface area contributed by atoms with E-state index >= 15 is 0 Å². The van der Waals surface area contributed by atoms with Gasteiger partial charge in [-0.2, -0.15) is 0 Å². The van der Waals surface area contributed by atoms with Gasteiger partial charge >= 0.3 is 0 Å². The van der Waals surface area contributed by atoms with Gasteiger partial charge in [-0.3, -0.25) is 9.59 Å². The van der Waals surface area contributed by atoms with E-state index in [4.69, 9.17) is 0 Å². The molecule has 0 aromatic carbocycles. The smallest absolute Gasteiger partial charge is 0.232 e. The molecule has 0 radical (unpaired) electrons. The van der Waals surface area contributed by atoms with E-state index in [0.717, 1.165) is 18.5 Å². The summed E-state index contributed by atoms with van der Waals surface area (Å²) in [7, 11) is 0. The minimum absolute atomic E-state index is 0.0335. The monoisotopic (exact) mass is 236 g/mol. The van der Waals surface area contributed by atoms with Crippen LogP contribution < -0.4 is 5.32 Å². The Morgan fingerprint density at radius 2 is 2.00 bits per heavy atom. The number of likely N-dealkylation sites (tertiary alicyclic amines) is 1. The number of piperidine rings is 1. The number of hydrogen-bond acceptors (Lipinski definition) is 2. The third kappa shape index (κ3) is 1.96. The van der Waals surface area contributed by atoms with Crippen molar-refractivity contribution in [2.75, 3.05) is 6.54 Å². The second-order valence-electron chi connectivity index (χ2n) is 6.17. The van der Waals surface area contributed by atoms with Gasteiger partial charge in [-0.25, -0.2) is 0 Å². The highest BCUT2D eigenvalue weighted by Crippen LogP contribution is 2.41. The number of carbonyl (C=O) groups excluding carboxylic acids is 2. The number of hydrogen-bond donors (Lipinski definition) is 1. The molecule has 2 fully saturated rings. The molecule has 2 aliphatic heterocycles. The molecule has 2 saturated heterocycles. The maximum absolute atomic E-state index is 12.1. The van der Waals surface area contributed by atoms with E-state index in [9.17, 15) is 9.59 Å². The zero-order valence-corrected chi connectivity index (χ0v) is 10.8. The summed E-state index contributed by atoms with van der Waals surface area (Å²) in [5, 5.41) is 2.79. The summed E-state index contributed by atoms with van der Waals surface area (Å²) in [6.45, 7) is 10.3. The SMILES string of the molecule is C=C1CCC2(CC(=O)N(C(C)(C)C)C2)C(=O)N1. The zero-order valence-electron chi connectivity index (χ0n) is 10.8. The average molecular weight is 236 g/mol. The van der Waals surface area contributed by atoms with Crippen LogP contribution in [0.4, 0.5) is 0 Å². The maximum Gasteiger partial charge on any atom is 0.232 e. The molecule has 1 N–H and O–H groups in total. The molecular weight excluding hydrogens is 216 g/mol. The maximum atomic E-state index is 12.1. The predicted molar refractivity (Wildman–Crippen MR) is 65.0 cm³/mol. The van der Waals surface area contributed by atoms with Gasteiger partial charge in [-0.05, 0) is 33.6 Å². The van der Waals surface area contributed by atoms with Crippen LogP contribution in [0.1, 0.15) is 40.0 Å². The van der Waals surface area contributed by atoms with E-state index in [1.54, 1.807) is 0 Å². The number of allylic oxidation sites excluding steroid dienone is 1. The normalized spacial score (nSPS) is 30.1. The van der Waals surface area contributed by atoms with Crippen LogP contribution in [0.3, 0.4) is 0 Å². The van der Waals surface area contributed by atoms with Crippen molar-refractivity contribution in [2.24, 2.45) is 5.41 Å². The van der Waals surface area contributed by atoms with Gasteiger partial charge in [0, 0.05) is 24.2 Å². The molecule has 0 aromatic rings. The predicted octanol–water partition coefficient (Wildman–Crippen LogP) is 1.43. The highest BCUT2D eigenvalue weighted by molar-refractivity contribution is 5.94. The van der Waals surface area contributed by atoms with Gasteiger partial charge in [0.25, 0.3) is 0 Å². The van der Waals surface area contributed by atoms with Crippen LogP contribution in [0.5, 0.6) is 0 Å². The molecule has 1 atom stereocenters. The van der Waals surface area contributed by atoms with Gasteiger partial charge in [-0.1, -0.05) is 6.58 Å². The molecule has 4 heteroatoms. The van der Waals surface area contributed by atoms with Crippen LogP contribution in [-0.4, -0.2) is 28.8 Å². The fraction of sp³-hybridized carbons (Fsp3) is 0.692. The first-order chi connectivity index (χ1) is 7.74. The molecule has 0 aromatic heterocycles. The van der Waals surface area contributed by atoms with Crippen molar-refractivity contribution in [3.05, 3.63) is 12.3 Å². The Labute approximate surface area is 102 Å². The third-order valence-corrected chi connectivity index (χ3v) is 3.74. The molecule has 0 bridgehead atoms. The lowest BCUT2D eigenvalue weighted by molar-refractivity contribution is -0.133. The summed E-state index contributed by atoms with van der Waals surface area (Å²) in [5.41, 5.74) is 0.0308. The summed E-state index contributed by atoms with van der Waals surface area (Å²) in [6.07, 6.45) is 1.84. The van der Waals surface area contributed by atoms with Gasteiger partial charge in [0.1, 0.15) is 0 Å². The number of amides is 2. The van der Waals surface area contributed by atoms with Crippen LogP contribution in [0.25, 0.3) is 0 Å². The van der Waals surface area contributed by atoms with Crippen molar-refractivity contribution >= 4 is 11.8 Å². The lowest BCUT2D eigenvalue weighted by atomic mass is 9.78. The summed E-state index contributed by atoms with van der Waals surface area (Å²) in [6, 6.07) is 0. The lowest BCUT2D eigenvalue weighted by Crippen LogP contribution is -2.48. The quantitative estimate of drug-likeness (QED) is 0.691. The van der Waals surface area contributed by atoms with E-state index in [1.165, 1.54) is 0 Å². The first kappa shape index (κ1) is 12.1. The highest BCUT2D eigenvalue weighted by atomic mass is 16.2. The molecule has 0 aliphatic carbocycles. The lowest BCUT2D eigenvalue weighted by Gasteiger charge is -2.36. The molecule has 2 amide bonds. The van der Waals surface area contributed by atoms with Crippen molar-refractivity contribution in [1.29, 1.82) is 0 Å². The average Bonchev–Trinajstić information content (AvgIpc) is 2.51. The van der Waals surface area contributed by atoms with Crippen molar-refractivity contribution in [3.8, 4) is 0 Å². The number of rotatable bonds is 0. The van der Waals surface area contributed by atoms with Crippen molar-refractivity contribution in [1.82, 2.24) is 10.2 Å². The topological polar surface area (TPSA) is 49.4 Å². The number of nitrogens with zero attached hydrogens (tertiary/aromatic N) is 1. The zero-order chi connectivity index (χ0) is 12.8. The Kier molecular flexibility index (Phi) is 2.56. The molecule has 94 valence electrons. The minimum Gasteiger partial charge on any atom is -0.337 e. The molecule has 2 heterocycles. The molecule has 1 spiro atoms. The Balaban J connectivity index is 2.23. The van der Waals surface area contributed by atoms with Crippen molar-refractivity contribution in [2.45, 2.75) is 45.6 Å². The molecular formula is C13H20N2O2. The second-order valence-corrected chi connectivity index (χ2v) is 6.17. The van der Waals surface area contributed by atoms with Gasteiger partial charge in [0.05, 0.1) is 5.41 Å². The second kappa shape index (κ2) is 3.59. The van der Waals surface area contributed by atoms with E-state index in [2.05, 4.69) is 11.9 Å². The molecule has 2 rings (SSSR count). The van der Waals surface area contributed by atoms with E-state index in [1.807, 2.05) is 25.7 Å². The molecule has 4 nitrogen and oxygen atoms in total. The highest BCUT2D eigenvalue weighted by Gasteiger charge is 2.52. The van der Waals surface area contributed by atoms with Crippen LogP contribution >= 0.6 is 0 Å². The molecule has 1 unspecified atom stereocenters. The van der Waals surface area contributed by atoms with Gasteiger partial charge in [0.2, 0.25) is 11.8 Å². The van der Waals surface area contributed by atoms with E-state index in [-0.39, 0.29) is 17.4 Å². The summed E-state index contributed by atoms with van der Waals surface area (Å²) in [4.78, 5) is 26.0. The fourth-order valence-electron chi connectivity index (χ4n) is 2.62. The van der Waals surface area contributed by atoms with Gasteiger partial charge in [-0.15, -0.1) is 0 Å². The first-order valence-corrected chi connectivity index (χ1v) is 6.04. The summed E-state index contributed by atoms with van der Waals surface area (Å²) in [5.74, 6) is 0.0500. The molecule has 17 heavy (non-hydrogen) atoms. The summed E-state index contributed by atoms with van der Waals surface area (Å²) < 4.78 is 0. The minimum atomic E-state index is -0.522. The van der Waals surface area contributed by atoms with Gasteiger partial charge in [0.15, 0.2) is 0 Å². The number of carbonyl (C=O) groups is 2. The Morgan fingerprint density at radius 1 is 1.35 bits per heavy atom. The van der Waals surface area contributed by atoms with Crippen molar-refractivity contribution in [3.63, 3.8) is 0 Å². The Morgan fingerprint density at radius 3 is 2.47 bits per heavy atom. The largest absolute Gasteiger partial charge is 0.337 e. The molecule has 0 saturated carbocycles. The van der Waals surface area contributed by atoms with Gasteiger partial charge < -0.3 is 10.2 Å². The van der Waals surface area contributed by atoms with E-state index in [0.29, 0.717) is 13.0 Å². The Hall–Kier alpha value is -1.32. The van der Waals surface area contributed by atoms with Crippen LogP contribution in [0.2, 0.25) is 0 Å². The standard InChI is InChI=1S/C13H20N2O2/c1-9-5-6-13(11(17)14-9)7-10(16)15(8-13)12(2,3)4/h1,5-8H2,2-4H3,(H,14,17). The van der Waals surface area contributed by atoms with Crippen LogP contribution in [0.15, 0.2) is 12.3 Å². The van der Waals surface area contributed by atoms with E-state index < -0.39 is 5.41 Å². The Bertz CT molecular complexity index is 395. The summed E-state index contributed by atoms with van der Waals surface area (Å²) >= 11 is 0.